The van der Waals surface area contributed by atoms with Gasteiger partial charge in [0.2, 0.25) is 0 Å². The molecule has 0 radical (unpaired) electrons. The Hall–Kier alpha value is -4.73. The Kier molecular flexibility index (Phi) is 11.7. The highest BCUT2D eigenvalue weighted by Gasteiger charge is 2.51. The Balaban J connectivity index is 1.36. The second kappa shape index (κ2) is 16.9. The third kappa shape index (κ3) is 8.99. The van der Waals surface area contributed by atoms with Gasteiger partial charge < -0.3 is 23.7 Å². The lowest BCUT2D eigenvalue weighted by Crippen LogP contribution is -2.61. The molecule has 0 aliphatic carbocycles. The molecular weight excluding hydrogens is 625 g/mol. The van der Waals surface area contributed by atoms with Gasteiger partial charge in [-0.3, -0.25) is 0 Å². The van der Waals surface area contributed by atoms with Gasteiger partial charge in [0.05, 0.1) is 30.9 Å². The van der Waals surface area contributed by atoms with Crippen molar-refractivity contribution in [3.8, 4) is 0 Å². The van der Waals surface area contributed by atoms with Crippen molar-refractivity contribution < 1.29 is 33.3 Å². The van der Waals surface area contributed by atoms with E-state index < -0.39 is 41.8 Å². The quantitative estimate of drug-likeness (QED) is 0.119. The van der Waals surface area contributed by atoms with E-state index in [0.717, 1.165) is 16.0 Å². The summed E-state index contributed by atoms with van der Waals surface area (Å²) in [5, 5.41) is 0. The van der Waals surface area contributed by atoms with Crippen LogP contribution < -0.4 is 0 Å². The molecule has 5 atom stereocenters. The van der Waals surface area contributed by atoms with Crippen molar-refractivity contribution in [2.75, 3.05) is 6.61 Å². The lowest BCUT2D eigenvalue weighted by molar-refractivity contribution is -0.227. The number of benzene rings is 5. The largest absolute Gasteiger partial charge is 0.453 e. The van der Waals surface area contributed by atoms with Crippen molar-refractivity contribution in [3.63, 3.8) is 0 Å². The number of carbonyl (C=O) groups excluding carboxylic acids is 2. The summed E-state index contributed by atoms with van der Waals surface area (Å²) in [6.07, 6.45) is -3.62. The fourth-order valence-electron chi connectivity index (χ4n) is 5.36. The van der Waals surface area contributed by atoms with E-state index in [1.165, 1.54) is 11.8 Å². The van der Waals surface area contributed by atoms with Crippen molar-refractivity contribution >= 4 is 23.7 Å². The van der Waals surface area contributed by atoms with Gasteiger partial charge in [0.15, 0.2) is 12.2 Å². The minimum Gasteiger partial charge on any atom is -0.453 e. The second-order valence-corrected chi connectivity index (χ2v) is 12.4. The summed E-state index contributed by atoms with van der Waals surface area (Å²) < 4.78 is 32.0. The summed E-state index contributed by atoms with van der Waals surface area (Å²) in [5.41, 5.74) is 1.94. The van der Waals surface area contributed by atoms with Crippen LogP contribution in [0.5, 0.6) is 0 Å². The van der Waals surface area contributed by atoms with Gasteiger partial charge in [-0.2, -0.15) is 0 Å². The molecule has 0 N–H and O–H groups in total. The van der Waals surface area contributed by atoms with E-state index in [4.69, 9.17) is 23.7 Å². The minimum absolute atomic E-state index is 0.0953. The number of thioether (sulfide) groups is 1. The summed E-state index contributed by atoms with van der Waals surface area (Å²) >= 11 is 1.41. The van der Waals surface area contributed by atoms with Gasteiger partial charge in [0.25, 0.3) is 0 Å². The monoisotopic (exact) mass is 660 g/mol. The Labute approximate surface area is 284 Å². The normalized spacial score (nSPS) is 20.5. The van der Waals surface area contributed by atoms with E-state index in [2.05, 4.69) is 0 Å². The molecule has 0 aromatic heterocycles. The van der Waals surface area contributed by atoms with Gasteiger partial charge in [-0.15, -0.1) is 0 Å². The molecule has 48 heavy (non-hydrogen) atoms. The van der Waals surface area contributed by atoms with Crippen LogP contribution in [0.2, 0.25) is 0 Å². The SMILES string of the molecule is O=C(O[C@H]1[C@@H](OCc2ccccc2)[C@H](OC(=O)c2ccccc2)[C@@H](COCc2ccccc2)O[C@@H]1Sc1ccccc1)c1ccccc1. The summed E-state index contributed by atoms with van der Waals surface area (Å²) in [7, 11) is 0. The molecule has 1 fully saturated rings. The molecule has 1 aliphatic heterocycles. The molecule has 0 spiro atoms. The fourth-order valence-corrected chi connectivity index (χ4v) is 6.49. The predicted molar refractivity (Wildman–Crippen MR) is 183 cm³/mol. The Morgan fingerprint density at radius 2 is 1.00 bits per heavy atom. The first-order valence-corrected chi connectivity index (χ1v) is 16.7. The standard InChI is InChI=1S/C40H36O7S/c41-38(31-20-10-3-11-21-31)46-35-34(28-43-26-29-16-6-1-7-17-29)45-40(48-33-24-14-5-15-25-33)37(47-39(42)32-22-12-4-13-23-32)36(35)44-27-30-18-8-2-9-19-30/h1-25,34-37,40H,26-28H2/t34-,35-,36+,37+,40-/m1/s1. The Morgan fingerprint density at radius 3 is 1.54 bits per heavy atom. The van der Waals surface area contributed by atoms with E-state index in [9.17, 15) is 9.59 Å². The summed E-state index contributed by atoms with van der Waals surface area (Å²) in [4.78, 5) is 28.1. The first-order valence-electron chi connectivity index (χ1n) is 15.8. The third-order valence-corrected chi connectivity index (χ3v) is 8.93. The highest BCUT2D eigenvalue weighted by molar-refractivity contribution is 7.99. The Bertz CT molecular complexity index is 1710. The first kappa shape index (κ1) is 33.2. The molecule has 0 bridgehead atoms. The van der Waals surface area contributed by atoms with Crippen LogP contribution in [0, 0.1) is 0 Å². The Morgan fingerprint density at radius 1 is 0.542 bits per heavy atom. The second-order valence-electron chi connectivity index (χ2n) is 11.2. The molecule has 1 aliphatic rings. The van der Waals surface area contributed by atoms with E-state index in [0.29, 0.717) is 17.7 Å². The number of carbonyl (C=O) groups is 2. The summed E-state index contributed by atoms with van der Waals surface area (Å²) in [5.74, 6) is -1.09. The summed E-state index contributed by atoms with van der Waals surface area (Å²) in [6.45, 7) is 0.612. The van der Waals surface area contributed by atoms with Crippen LogP contribution in [-0.4, -0.2) is 48.4 Å². The summed E-state index contributed by atoms with van der Waals surface area (Å²) in [6, 6.07) is 46.7. The van der Waals surface area contributed by atoms with Crippen LogP contribution in [0.25, 0.3) is 0 Å². The highest BCUT2D eigenvalue weighted by Crippen LogP contribution is 2.38. The highest BCUT2D eigenvalue weighted by atomic mass is 32.2. The maximum Gasteiger partial charge on any atom is 0.338 e. The number of rotatable bonds is 13. The van der Waals surface area contributed by atoms with Gasteiger partial charge in [-0.25, -0.2) is 9.59 Å². The van der Waals surface area contributed by atoms with Crippen molar-refractivity contribution in [3.05, 3.63) is 174 Å². The number of hydrogen-bond donors (Lipinski definition) is 0. The number of ether oxygens (including phenoxy) is 5. The van der Waals surface area contributed by atoms with E-state index in [1.807, 2.05) is 103 Å². The van der Waals surface area contributed by atoms with Crippen molar-refractivity contribution in [2.24, 2.45) is 0 Å². The van der Waals surface area contributed by atoms with E-state index in [1.54, 1.807) is 48.5 Å². The van der Waals surface area contributed by atoms with E-state index >= 15 is 0 Å². The average molecular weight is 661 g/mol. The molecule has 244 valence electrons. The van der Waals surface area contributed by atoms with Crippen molar-refractivity contribution in [1.82, 2.24) is 0 Å². The van der Waals surface area contributed by atoms with Crippen LogP contribution in [0.4, 0.5) is 0 Å². The smallest absolute Gasteiger partial charge is 0.338 e. The molecule has 0 saturated carbocycles. The van der Waals surface area contributed by atoms with Crippen LogP contribution >= 0.6 is 11.8 Å². The van der Waals surface area contributed by atoms with Crippen LogP contribution in [-0.2, 0) is 36.9 Å². The zero-order valence-electron chi connectivity index (χ0n) is 26.2. The molecule has 8 heteroatoms. The van der Waals surface area contributed by atoms with Crippen LogP contribution in [0.3, 0.4) is 0 Å². The zero-order valence-corrected chi connectivity index (χ0v) is 27.0. The van der Waals surface area contributed by atoms with Crippen molar-refractivity contribution in [2.45, 2.75) is 48.0 Å². The molecule has 0 amide bonds. The molecule has 5 aromatic carbocycles. The molecule has 1 saturated heterocycles. The molecule has 6 rings (SSSR count). The van der Waals surface area contributed by atoms with Gasteiger partial charge in [0, 0.05) is 4.90 Å². The topological polar surface area (TPSA) is 80.3 Å². The zero-order chi connectivity index (χ0) is 33.0. The molecule has 1 heterocycles. The molecule has 5 aromatic rings. The lowest BCUT2D eigenvalue weighted by Gasteiger charge is -2.45. The minimum atomic E-state index is -0.988. The number of esters is 2. The average Bonchev–Trinajstić information content (AvgIpc) is 3.14. The maximum absolute atomic E-state index is 13.6. The number of hydrogen-bond acceptors (Lipinski definition) is 8. The van der Waals surface area contributed by atoms with Crippen LogP contribution in [0.15, 0.2) is 157 Å². The van der Waals surface area contributed by atoms with E-state index in [-0.39, 0.29) is 13.2 Å². The molecule has 0 unspecified atom stereocenters. The van der Waals surface area contributed by atoms with Gasteiger partial charge in [-0.05, 0) is 47.5 Å². The third-order valence-electron chi connectivity index (χ3n) is 7.77. The van der Waals surface area contributed by atoms with Gasteiger partial charge >= 0.3 is 11.9 Å². The predicted octanol–water partition coefficient (Wildman–Crippen LogP) is 7.76. The fraction of sp³-hybridized carbons (Fsp3) is 0.200. The molecular formula is C40H36O7S. The maximum atomic E-state index is 13.6. The lowest BCUT2D eigenvalue weighted by atomic mass is 9.98. The van der Waals surface area contributed by atoms with Crippen molar-refractivity contribution in [1.29, 1.82) is 0 Å². The van der Waals surface area contributed by atoms with Crippen LogP contribution in [0.1, 0.15) is 31.8 Å². The first-order chi connectivity index (χ1) is 23.6. The molecule has 7 nitrogen and oxygen atoms in total. The van der Waals surface area contributed by atoms with Gasteiger partial charge in [0.1, 0.15) is 17.6 Å². The van der Waals surface area contributed by atoms with Gasteiger partial charge in [-0.1, -0.05) is 127 Å².